The Labute approximate surface area is 101 Å². The molecule has 1 saturated heterocycles. The van der Waals surface area contributed by atoms with Crippen LogP contribution in [0.2, 0.25) is 0 Å². The minimum absolute atomic E-state index is 0.833. The van der Waals surface area contributed by atoms with E-state index in [0.717, 1.165) is 30.6 Å². The maximum Gasteiger partial charge on any atom is 0.0141 e. The lowest BCUT2D eigenvalue weighted by atomic mass is 9.77. The van der Waals surface area contributed by atoms with E-state index in [1.54, 1.807) is 0 Å². The molecule has 1 aliphatic carbocycles. The average molecular weight is 224 g/mol. The van der Waals surface area contributed by atoms with Gasteiger partial charge in [-0.2, -0.15) is 0 Å². The van der Waals surface area contributed by atoms with Gasteiger partial charge in [0.2, 0.25) is 0 Å². The van der Waals surface area contributed by atoms with Gasteiger partial charge in [0.25, 0.3) is 0 Å². The van der Waals surface area contributed by atoms with Crippen molar-refractivity contribution in [2.45, 2.75) is 71.0 Å². The summed E-state index contributed by atoms with van der Waals surface area (Å²) in [6, 6.07) is 2.60. The number of rotatable bonds is 5. The molecule has 1 saturated carbocycles. The highest BCUT2D eigenvalue weighted by molar-refractivity contribution is 4.97. The first-order valence-electron chi connectivity index (χ1n) is 7.26. The number of hydrogen-bond donors (Lipinski definition) is 1. The van der Waals surface area contributed by atoms with Crippen molar-refractivity contribution >= 4 is 0 Å². The first-order chi connectivity index (χ1) is 7.77. The van der Waals surface area contributed by atoms with Crippen LogP contribution in [0.5, 0.6) is 0 Å². The van der Waals surface area contributed by atoms with Gasteiger partial charge in [-0.15, -0.1) is 0 Å². The van der Waals surface area contributed by atoms with Crippen LogP contribution >= 0.6 is 0 Å². The zero-order valence-corrected chi connectivity index (χ0v) is 11.2. The van der Waals surface area contributed by atoms with E-state index in [1.165, 1.54) is 38.6 Å². The number of hydrogen-bond acceptors (Lipinski definition) is 2. The zero-order valence-electron chi connectivity index (χ0n) is 11.2. The highest BCUT2D eigenvalue weighted by atomic mass is 15.2. The van der Waals surface area contributed by atoms with Gasteiger partial charge in [0.05, 0.1) is 0 Å². The number of nitrogens with one attached hydrogen (secondary N) is 1. The van der Waals surface area contributed by atoms with Crippen LogP contribution in [0, 0.1) is 5.92 Å². The lowest BCUT2D eigenvalue weighted by Gasteiger charge is -2.47. The summed E-state index contributed by atoms with van der Waals surface area (Å²) in [5, 5.41) is 3.52. The van der Waals surface area contributed by atoms with Gasteiger partial charge in [-0.05, 0) is 58.0 Å². The molecule has 2 aliphatic rings. The summed E-state index contributed by atoms with van der Waals surface area (Å²) in [7, 11) is 0. The molecule has 0 aromatic rings. The SMILES string of the molecule is CCNCC1CCC1N1C(C)CCC1CC. The lowest BCUT2D eigenvalue weighted by molar-refractivity contribution is 0.0261. The summed E-state index contributed by atoms with van der Waals surface area (Å²) in [4.78, 5) is 2.85. The molecule has 16 heavy (non-hydrogen) atoms. The van der Waals surface area contributed by atoms with Gasteiger partial charge in [0.15, 0.2) is 0 Å². The molecule has 2 heteroatoms. The van der Waals surface area contributed by atoms with Gasteiger partial charge < -0.3 is 5.32 Å². The highest BCUT2D eigenvalue weighted by Crippen LogP contribution is 2.39. The van der Waals surface area contributed by atoms with Crippen molar-refractivity contribution < 1.29 is 0 Å². The van der Waals surface area contributed by atoms with Crippen LogP contribution in [0.15, 0.2) is 0 Å². The lowest BCUT2D eigenvalue weighted by Crippen LogP contribution is -2.54. The van der Waals surface area contributed by atoms with Crippen molar-refractivity contribution in [1.82, 2.24) is 10.2 Å². The maximum atomic E-state index is 3.52. The van der Waals surface area contributed by atoms with E-state index in [9.17, 15) is 0 Å². The van der Waals surface area contributed by atoms with Crippen LogP contribution in [0.1, 0.15) is 52.9 Å². The monoisotopic (exact) mass is 224 g/mol. The summed E-state index contributed by atoms with van der Waals surface area (Å²) in [5.41, 5.74) is 0. The molecule has 1 N–H and O–H groups in total. The maximum absolute atomic E-state index is 3.52. The molecule has 0 bridgehead atoms. The van der Waals surface area contributed by atoms with Gasteiger partial charge in [0, 0.05) is 18.1 Å². The molecule has 2 fully saturated rings. The van der Waals surface area contributed by atoms with Crippen molar-refractivity contribution in [3.63, 3.8) is 0 Å². The van der Waals surface area contributed by atoms with Gasteiger partial charge in [-0.25, -0.2) is 0 Å². The molecule has 0 spiro atoms. The molecular weight excluding hydrogens is 196 g/mol. The molecule has 0 amide bonds. The minimum atomic E-state index is 0.833. The highest BCUT2D eigenvalue weighted by Gasteiger charge is 2.42. The quantitative estimate of drug-likeness (QED) is 0.772. The molecule has 4 unspecified atom stereocenters. The van der Waals surface area contributed by atoms with Crippen molar-refractivity contribution in [3.05, 3.63) is 0 Å². The molecule has 1 aliphatic heterocycles. The Bertz CT molecular complexity index is 217. The Morgan fingerprint density at radius 2 is 1.94 bits per heavy atom. The van der Waals surface area contributed by atoms with E-state index in [4.69, 9.17) is 0 Å². The first kappa shape index (κ1) is 12.4. The fraction of sp³-hybridized carbons (Fsp3) is 1.00. The van der Waals surface area contributed by atoms with E-state index >= 15 is 0 Å². The van der Waals surface area contributed by atoms with Crippen molar-refractivity contribution in [2.75, 3.05) is 13.1 Å². The molecule has 0 aromatic carbocycles. The Morgan fingerprint density at radius 3 is 2.50 bits per heavy atom. The van der Waals surface area contributed by atoms with Crippen molar-refractivity contribution in [2.24, 2.45) is 5.92 Å². The second-order valence-corrected chi connectivity index (χ2v) is 5.65. The molecular formula is C14H28N2. The Morgan fingerprint density at radius 1 is 1.12 bits per heavy atom. The van der Waals surface area contributed by atoms with E-state index in [2.05, 4.69) is 31.0 Å². The van der Waals surface area contributed by atoms with Crippen LogP contribution in [-0.4, -0.2) is 36.1 Å². The second-order valence-electron chi connectivity index (χ2n) is 5.65. The summed E-state index contributed by atoms with van der Waals surface area (Å²) in [6.45, 7) is 9.35. The molecule has 4 atom stereocenters. The zero-order chi connectivity index (χ0) is 11.5. The minimum Gasteiger partial charge on any atom is -0.317 e. The molecule has 1 heterocycles. The third kappa shape index (κ3) is 2.28. The van der Waals surface area contributed by atoms with Crippen LogP contribution in [0.25, 0.3) is 0 Å². The van der Waals surface area contributed by atoms with Crippen LogP contribution < -0.4 is 5.32 Å². The number of nitrogens with zero attached hydrogens (tertiary/aromatic N) is 1. The topological polar surface area (TPSA) is 15.3 Å². The van der Waals surface area contributed by atoms with E-state index in [1.807, 2.05) is 0 Å². The molecule has 0 aromatic heterocycles. The van der Waals surface area contributed by atoms with E-state index in [0.29, 0.717) is 0 Å². The van der Waals surface area contributed by atoms with Crippen molar-refractivity contribution in [3.8, 4) is 0 Å². The van der Waals surface area contributed by atoms with E-state index in [-0.39, 0.29) is 0 Å². The standard InChI is InChI=1S/C14H28N2/c1-4-13-8-6-11(3)16(13)14-9-7-12(14)10-15-5-2/h11-15H,4-10H2,1-3H3. The normalized spacial score (nSPS) is 39.9. The van der Waals surface area contributed by atoms with Crippen LogP contribution in [0.3, 0.4) is 0 Å². The third-order valence-electron chi connectivity index (χ3n) is 4.74. The predicted molar refractivity (Wildman–Crippen MR) is 69.7 cm³/mol. The van der Waals surface area contributed by atoms with Crippen LogP contribution in [-0.2, 0) is 0 Å². The smallest absolute Gasteiger partial charge is 0.0141 e. The Hall–Kier alpha value is -0.0800. The Kier molecular flexibility index (Phi) is 4.26. The molecule has 2 rings (SSSR count). The van der Waals surface area contributed by atoms with E-state index < -0.39 is 0 Å². The van der Waals surface area contributed by atoms with Gasteiger partial charge in [0.1, 0.15) is 0 Å². The summed E-state index contributed by atoms with van der Waals surface area (Å²) >= 11 is 0. The molecule has 0 radical (unpaired) electrons. The summed E-state index contributed by atoms with van der Waals surface area (Å²) in [5.74, 6) is 0.926. The van der Waals surface area contributed by atoms with Gasteiger partial charge in [-0.1, -0.05) is 13.8 Å². The van der Waals surface area contributed by atoms with Gasteiger partial charge >= 0.3 is 0 Å². The fourth-order valence-electron chi connectivity index (χ4n) is 3.62. The summed E-state index contributed by atoms with van der Waals surface area (Å²) < 4.78 is 0. The average Bonchev–Trinajstić information content (AvgIpc) is 2.60. The predicted octanol–water partition coefficient (Wildman–Crippen LogP) is 2.64. The molecule has 94 valence electrons. The van der Waals surface area contributed by atoms with Crippen molar-refractivity contribution in [1.29, 1.82) is 0 Å². The Balaban J connectivity index is 1.90. The largest absolute Gasteiger partial charge is 0.317 e. The molecule has 2 nitrogen and oxygen atoms in total. The number of likely N-dealkylation sites (tertiary alicyclic amines) is 1. The second kappa shape index (κ2) is 5.50. The summed E-state index contributed by atoms with van der Waals surface area (Å²) in [6.07, 6.45) is 7.08. The van der Waals surface area contributed by atoms with Gasteiger partial charge in [-0.3, -0.25) is 4.90 Å². The van der Waals surface area contributed by atoms with Crippen LogP contribution in [0.4, 0.5) is 0 Å². The third-order valence-corrected chi connectivity index (χ3v) is 4.74. The fourth-order valence-corrected chi connectivity index (χ4v) is 3.62. The first-order valence-corrected chi connectivity index (χ1v) is 7.26.